The molecule has 0 fully saturated rings. The van der Waals surface area contributed by atoms with Gasteiger partial charge in [-0.15, -0.1) is 0 Å². The van der Waals surface area contributed by atoms with Crippen LogP contribution in [-0.2, 0) is 12.8 Å². The van der Waals surface area contributed by atoms with Gasteiger partial charge in [0.1, 0.15) is 0 Å². The Morgan fingerprint density at radius 2 is 1.73 bits per heavy atom. The van der Waals surface area contributed by atoms with E-state index in [4.69, 9.17) is 0 Å². The molecule has 15 heavy (non-hydrogen) atoms. The molecule has 1 nitrogen and oxygen atoms in total. The summed E-state index contributed by atoms with van der Waals surface area (Å²) in [6, 6.07) is 8.92. The van der Waals surface area contributed by atoms with E-state index in [1.54, 1.807) is 11.1 Å². The molecule has 0 atom stereocenters. The van der Waals surface area contributed by atoms with Crippen LogP contribution in [0.1, 0.15) is 24.0 Å². The topological polar surface area (TPSA) is 3.24 Å². The van der Waals surface area contributed by atoms with E-state index in [0.717, 1.165) is 5.92 Å². The minimum atomic E-state index is 0.905. The molecule has 0 aromatic heterocycles. The lowest BCUT2D eigenvalue weighted by molar-refractivity contribution is 0.369. The first kappa shape index (κ1) is 10.7. The van der Waals surface area contributed by atoms with Crippen molar-refractivity contribution in [3.8, 4) is 0 Å². The smallest absolute Gasteiger partial charge is 0.00247 e. The molecule has 82 valence electrons. The fraction of sp³-hybridized carbons (Fsp3) is 0.571. The Kier molecular flexibility index (Phi) is 3.42. The van der Waals surface area contributed by atoms with E-state index in [1.165, 1.54) is 32.2 Å². The lowest BCUT2D eigenvalue weighted by Gasteiger charge is -2.12. The van der Waals surface area contributed by atoms with Gasteiger partial charge in [-0.2, -0.15) is 0 Å². The van der Waals surface area contributed by atoms with Crippen molar-refractivity contribution >= 4 is 0 Å². The Balaban J connectivity index is 1.80. The van der Waals surface area contributed by atoms with Crippen LogP contribution in [0.2, 0.25) is 0 Å². The summed E-state index contributed by atoms with van der Waals surface area (Å²) in [5.41, 5.74) is 3.18. The maximum atomic E-state index is 2.29. The highest BCUT2D eigenvalue weighted by atomic mass is 15.0. The molecule has 0 heterocycles. The second kappa shape index (κ2) is 4.80. The number of nitrogens with zero attached hydrogens (tertiary/aromatic N) is 1. The number of hydrogen-bond acceptors (Lipinski definition) is 1. The number of fused-ring (bicyclic) bond motifs is 1. The summed E-state index contributed by atoms with van der Waals surface area (Å²) < 4.78 is 0. The highest BCUT2D eigenvalue weighted by molar-refractivity contribution is 5.31. The van der Waals surface area contributed by atoms with Gasteiger partial charge in [0.2, 0.25) is 0 Å². The Labute approximate surface area is 93.1 Å². The van der Waals surface area contributed by atoms with Crippen molar-refractivity contribution in [1.82, 2.24) is 4.90 Å². The van der Waals surface area contributed by atoms with Crippen LogP contribution >= 0.6 is 0 Å². The summed E-state index contributed by atoms with van der Waals surface area (Å²) in [5.74, 6) is 0.905. The van der Waals surface area contributed by atoms with Crippen molar-refractivity contribution in [2.75, 3.05) is 20.6 Å². The fourth-order valence-corrected chi connectivity index (χ4v) is 2.55. The maximum absolute atomic E-state index is 2.29. The third-order valence-electron chi connectivity index (χ3n) is 3.35. The molecule has 0 amide bonds. The van der Waals surface area contributed by atoms with Gasteiger partial charge in [0.25, 0.3) is 0 Å². The zero-order valence-corrected chi connectivity index (χ0v) is 9.87. The lowest BCUT2D eigenvalue weighted by atomic mass is 10.0. The maximum Gasteiger partial charge on any atom is -0.00247 e. The Hall–Kier alpha value is -0.820. The molecule has 0 saturated heterocycles. The van der Waals surface area contributed by atoms with Crippen LogP contribution < -0.4 is 0 Å². The van der Waals surface area contributed by atoms with Crippen molar-refractivity contribution in [2.45, 2.75) is 25.7 Å². The minimum Gasteiger partial charge on any atom is -0.309 e. The summed E-state index contributed by atoms with van der Waals surface area (Å²) in [7, 11) is 4.31. The number of benzene rings is 1. The second-order valence-corrected chi connectivity index (χ2v) is 4.99. The zero-order chi connectivity index (χ0) is 10.7. The Morgan fingerprint density at radius 1 is 1.13 bits per heavy atom. The normalized spacial score (nSPS) is 15.9. The first-order chi connectivity index (χ1) is 7.25. The number of rotatable bonds is 4. The molecule has 0 spiro atoms. The minimum absolute atomic E-state index is 0.905. The third-order valence-corrected chi connectivity index (χ3v) is 3.35. The van der Waals surface area contributed by atoms with Gasteiger partial charge in [-0.25, -0.2) is 0 Å². The fourth-order valence-electron chi connectivity index (χ4n) is 2.55. The average Bonchev–Trinajstić information content (AvgIpc) is 2.59. The summed E-state index contributed by atoms with van der Waals surface area (Å²) in [6.07, 6.45) is 5.34. The van der Waals surface area contributed by atoms with Crippen LogP contribution in [0.4, 0.5) is 0 Å². The summed E-state index contributed by atoms with van der Waals surface area (Å²) >= 11 is 0. The Morgan fingerprint density at radius 3 is 2.27 bits per heavy atom. The van der Waals surface area contributed by atoms with E-state index in [-0.39, 0.29) is 0 Å². The molecule has 1 aliphatic carbocycles. The predicted octanol–water partition coefficient (Wildman–Crippen LogP) is 2.74. The Bertz CT molecular complexity index is 292. The molecule has 2 rings (SSSR count). The van der Waals surface area contributed by atoms with Gasteiger partial charge in [-0.1, -0.05) is 24.3 Å². The van der Waals surface area contributed by atoms with Gasteiger partial charge in [0.05, 0.1) is 0 Å². The second-order valence-electron chi connectivity index (χ2n) is 4.99. The van der Waals surface area contributed by atoms with Crippen LogP contribution in [0.15, 0.2) is 24.3 Å². The van der Waals surface area contributed by atoms with Gasteiger partial charge in [0.15, 0.2) is 0 Å². The zero-order valence-electron chi connectivity index (χ0n) is 9.87. The van der Waals surface area contributed by atoms with Crippen molar-refractivity contribution in [1.29, 1.82) is 0 Å². The van der Waals surface area contributed by atoms with Crippen LogP contribution in [0.25, 0.3) is 0 Å². The van der Waals surface area contributed by atoms with Crippen molar-refractivity contribution in [3.63, 3.8) is 0 Å². The van der Waals surface area contributed by atoms with E-state index >= 15 is 0 Å². The quantitative estimate of drug-likeness (QED) is 0.727. The first-order valence-corrected chi connectivity index (χ1v) is 5.97. The van der Waals surface area contributed by atoms with E-state index in [9.17, 15) is 0 Å². The molecule has 1 aromatic carbocycles. The monoisotopic (exact) mass is 203 g/mol. The molecule has 0 saturated carbocycles. The third kappa shape index (κ3) is 2.82. The van der Waals surface area contributed by atoms with Crippen molar-refractivity contribution in [3.05, 3.63) is 35.4 Å². The van der Waals surface area contributed by atoms with E-state index in [1.807, 2.05) is 0 Å². The summed E-state index contributed by atoms with van der Waals surface area (Å²) in [5, 5.41) is 0. The van der Waals surface area contributed by atoms with Crippen LogP contribution in [0, 0.1) is 5.92 Å². The largest absolute Gasteiger partial charge is 0.309 e. The average molecular weight is 203 g/mol. The molecule has 1 heteroatoms. The molecule has 0 N–H and O–H groups in total. The van der Waals surface area contributed by atoms with Crippen LogP contribution in [-0.4, -0.2) is 25.5 Å². The van der Waals surface area contributed by atoms with Gasteiger partial charge in [-0.3, -0.25) is 0 Å². The lowest BCUT2D eigenvalue weighted by Crippen LogP contribution is -2.14. The van der Waals surface area contributed by atoms with Gasteiger partial charge in [-0.05, 0) is 63.4 Å². The molecule has 0 aliphatic heterocycles. The summed E-state index contributed by atoms with van der Waals surface area (Å²) in [4.78, 5) is 2.28. The van der Waals surface area contributed by atoms with E-state index in [2.05, 4.69) is 43.3 Å². The highest BCUT2D eigenvalue weighted by Crippen LogP contribution is 2.29. The van der Waals surface area contributed by atoms with Gasteiger partial charge < -0.3 is 4.90 Å². The van der Waals surface area contributed by atoms with Crippen molar-refractivity contribution < 1.29 is 0 Å². The van der Waals surface area contributed by atoms with Gasteiger partial charge >= 0.3 is 0 Å². The molecule has 1 aliphatic rings. The van der Waals surface area contributed by atoms with E-state index < -0.39 is 0 Å². The molecule has 0 unspecified atom stereocenters. The SMILES string of the molecule is CN(C)CCCC1Cc2ccccc2C1. The highest BCUT2D eigenvalue weighted by Gasteiger charge is 2.19. The molecule has 1 aromatic rings. The predicted molar refractivity (Wildman–Crippen MR) is 65.1 cm³/mol. The molecular formula is C14H21N. The van der Waals surface area contributed by atoms with Crippen molar-refractivity contribution in [2.24, 2.45) is 5.92 Å². The molecule has 0 bridgehead atoms. The summed E-state index contributed by atoms with van der Waals surface area (Å²) in [6.45, 7) is 1.23. The van der Waals surface area contributed by atoms with E-state index in [0.29, 0.717) is 0 Å². The van der Waals surface area contributed by atoms with Crippen LogP contribution in [0.3, 0.4) is 0 Å². The van der Waals surface area contributed by atoms with Crippen LogP contribution in [0.5, 0.6) is 0 Å². The number of hydrogen-bond donors (Lipinski definition) is 0. The molecular weight excluding hydrogens is 182 g/mol. The molecule has 0 radical (unpaired) electrons. The van der Waals surface area contributed by atoms with Gasteiger partial charge in [0, 0.05) is 0 Å². The standard InChI is InChI=1S/C14H21N/c1-15(2)9-5-6-12-10-13-7-3-4-8-14(13)11-12/h3-4,7-8,12H,5-6,9-11H2,1-2H3. The first-order valence-electron chi connectivity index (χ1n) is 5.97.